The van der Waals surface area contributed by atoms with Crippen molar-refractivity contribution in [1.29, 1.82) is 0 Å². The summed E-state index contributed by atoms with van der Waals surface area (Å²) in [6.45, 7) is 0. The molecule has 0 aliphatic heterocycles. The molecule has 63 heavy (non-hydrogen) atoms. The monoisotopic (exact) mass is 1000 g/mol. The van der Waals surface area contributed by atoms with Crippen LogP contribution in [0.2, 0.25) is 0 Å². The maximum Gasteiger partial charge on any atom is 2.00 e. The molecule has 5 aromatic heterocycles. The number of benzene rings is 8. The van der Waals surface area contributed by atoms with Crippen molar-refractivity contribution in [2.24, 2.45) is 0 Å². The fourth-order valence-corrected chi connectivity index (χ4v) is 14.8. The van der Waals surface area contributed by atoms with E-state index in [-0.39, 0.29) is 21.1 Å². The summed E-state index contributed by atoms with van der Waals surface area (Å²) in [5.74, 6) is 0. The van der Waals surface area contributed by atoms with E-state index in [2.05, 4.69) is 220 Å². The quantitative estimate of drug-likeness (QED) is 0.0721. The maximum atomic E-state index is 5.14. The van der Waals surface area contributed by atoms with Crippen molar-refractivity contribution in [2.75, 3.05) is 0 Å². The molecule has 0 radical (unpaired) electrons. The van der Waals surface area contributed by atoms with Gasteiger partial charge in [-0.15, -0.1) is 34.8 Å². The van der Waals surface area contributed by atoms with Gasteiger partial charge in [0.1, 0.15) is 13.7 Å². The molecular weight excluding hydrogens is 966 g/mol. The fraction of sp³-hybridized carbons (Fsp3) is 0. The third-order valence-corrected chi connectivity index (χ3v) is 17.4. The second kappa shape index (κ2) is 14.6. The van der Waals surface area contributed by atoms with Gasteiger partial charge in [0.2, 0.25) is 0 Å². The number of para-hydroxylation sites is 3. The van der Waals surface area contributed by atoms with Crippen molar-refractivity contribution in [3.8, 4) is 11.4 Å². The molecule has 0 saturated heterocycles. The van der Waals surface area contributed by atoms with Crippen molar-refractivity contribution >= 4 is 99.9 Å². The van der Waals surface area contributed by atoms with E-state index in [9.17, 15) is 0 Å². The van der Waals surface area contributed by atoms with Crippen LogP contribution < -0.4 is 20.7 Å². The Labute approximate surface area is 378 Å². The normalized spacial score (nSPS) is 12.0. The molecule has 5 heterocycles. The van der Waals surface area contributed by atoms with Gasteiger partial charge in [-0.05, 0) is 52.2 Å². The number of aromatic nitrogens is 5. The first-order valence-corrected chi connectivity index (χ1v) is 23.0. The summed E-state index contributed by atoms with van der Waals surface area (Å²) in [6.07, 6.45) is 5.86. The predicted octanol–water partition coefficient (Wildman–Crippen LogP) is 10.2. The van der Waals surface area contributed by atoms with Crippen molar-refractivity contribution in [2.45, 2.75) is 0 Å². The van der Waals surface area contributed by atoms with E-state index in [1.807, 2.05) is 18.5 Å². The minimum absolute atomic E-state index is 0. The van der Waals surface area contributed by atoms with Crippen LogP contribution in [0.15, 0.2) is 213 Å². The van der Waals surface area contributed by atoms with E-state index in [1.54, 1.807) is 0 Å². The number of rotatable bonds is 6. The van der Waals surface area contributed by atoms with Crippen LogP contribution in [-0.2, 0) is 21.1 Å². The molecule has 13 aromatic rings. The molecule has 0 unspecified atom stereocenters. The van der Waals surface area contributed by atoms with Crippen LogP contribution in [0.5, 0.6) is 0 Å². The minimum Gasteiger partial charge on any atom is -0.340 e. The van der Waals surface area contributed by atoms with E-state index < -0.39 is 8.07 Å². The molecule has 0 amide bonds. The fourth-order valence-electron chi connectivity index (χ4n) is 10.3. The van der Waals surface area contributed by atoms with Crippen LogP contribution in [0, 0.1) is 12.1 Å². The van der Waals surface area contributed by atoms with Gasteiger partial charge in [-0.1, -0.05) is 138 Å². The third-order valence-electron chi connectivity index (χ3n) is 12.8. The molecular formula is C56H35N5PtSi. The van der Waals surface area contributed by atoms with Crippen LogP contribution in [0.4, 0.5) is 0 Å². The van der Waals surface area contributed by atoms with E-state index in [4.69, 9.17) is 9.97 Å². The second-order valence-electron chi connectivity index (χ2n) is 16.0. The number of pyridine rings is 2. The van der Waals surface area contributed by atoms with Gasteiger partial charge in [-0.2, -0.15) is 23.4 Å². The first-order chi connectivity index (χ1) is 30.8. The van der Waals surface area contributed by atoms with Crippen LogP contribution in [0.1, 0.15) is 0 Å². The molecule has 0 fully saturated rings. The molecule has 0 atom stereocenters. The Hall–Kier alpha value is -7.37. The average molecular weight is 1000 g/mol. The van der Waals surface area contributed by atoms with Crippen molar-refractivity contribution in [1.82, 2.24) is 23.5 Å². The largest absolute Gasteiger partial charge is 2.00 e. The summed E-state index contributed by atoms with van der Waals surface area (Å²) in [5, 5.41) is 12.7. The van der Waals surface area contributed by atoms with Gasteiger partial charge in [-0.3, -0.25) is 4.98 Å². The van der Waals surface area contributed by atoms with Crippen molar-refractivity contribution in [3.05, 3.63) is 225 Å². The van der Waals surface area contributed by atoms with Crippen molar-refractivity contribution in [3.63, 3.8) is 0 Å². The zero-order chi connectivity index (χ0) is 40.8. The van der Waals surface area contributed by atoms with Crippen LogP contribution in [0.3, 0.4) is 0 Å². The van der Waals surface area contributed by atoms with E-state index in [0.717, 1.165) is 76.7 Å². The summed E-state index contributed by atoms with van der Waals surface area (Å²) in [7, 11) is -3.16. The molecule has 13 rings (SSSR count). The number of imidazole rings is 1. The molecule has 0 bridgehead atoms. The summed E-state index contributed by atoms with van der Waals surface area (Å²) in [6, 6.07) is 78.5. The molecule has 0 spiro atoms. The Morgan fingerprint density at radius 2 is 0.968 bits per heavy atom. The molecule has 0 aliphatic carbocycles. The van der Waals surface area contributed by atoms with E-state index >= 15 is 0 Å². The Kier molecular flexibility index (Phi) is 8.68. The minimum atomic E-state index is -3.16. The van der Waals surface area contributed by atoms with Crippen LogP contribution >= 0.6 is 0 Å². The van der Waals surface area contributed by atoms with Crippen molar-refractivity contribution < 1.29 is 21.1 Å². The Balaban J connectivity index is 0.00000421. The molecule has 8 aromatic carbocycles. The topological polar surface area (TPSA) is 40.0 Å². The van der Waals surface area contributed by atoms with Gasteiger partial charge in [0.25, 0.3) is 0 Å². The Bertz CT molecular complexity index is 3830. The van der Waals surface area contributed by atoms with Gasteiger partial charge in [-0.25, -0.2) is 4.98 Å². The van der Waals surface area contributed by atoms with Gasteiger partial charge in [0.15, 0.2) is 0 Å². The smallest absolute Gasteiger partial charge is 0.340 e. The van der Waals surface area contributed by atoms with E-state index in [1.165, 1.54) is 26.5 Å². The summed E-state index contributed by atoms with van der Waals surface area (Å²) >= 11 is 0. The molecule has 298 valence electrons. The van der Waals surface area contributed by atoms with Crippen LogP contribution in [-0.4, -0.2) is 31.6 Å². The number of nitrogens with zero attached hydrogens (tertiary/aromatic N) is 5. The molecule has 0 saturated carbocycles. The number of hydrogen-bond acceptors (Lipinski definition) is 2. The number of fused-ring (bicyclic) bond motifs is 13. The Morgan fingerprint density at radius 3 is 1.71 bits per heavy atom. The summed E-state index contributed by atoms with van der Waals surface area (Å²) in [5.41, 5.74) is 8.37. The molecule has 0 N–H and O–H groups in total. The summed E-state index contributed by atoms with van der Waals surface area (Å²) < 4.78 is 6.97. The zero-order valence-electron chi connectivity index (χ0n) is 33.8. The first-order valence-electron chi connectivity index (χ1n) is 21.0. The average Bonchev–Trinajstić information content (AvgIpc) is 4.07. The standard InChI is InChI=1S/C56H35N5Si.Pt/c1-4-16-38(17-5-1)60-52-28-13-11-25-46(52)47-31-32-48-49-26-15-33-57-56(49)61(54(48)53(47)60)39-18-14-23-42(36-39)62(40-19-6-2-7-20-40,41-21-8-3-9-22-41)43-29-30-44-45-24-10-12-27-51(45)59-35-34-58-55(59)50(44)37-43;/h1-35H;/q-2;+2. The SMILES string of the molecule is [Pt+2].[c-]1c(-n2c3ncccc3c3ccc4c5ccccc5n(-c5ccccc5)c4c32)cccc1[Si](c1[c-]c2c(cc1)c1ccccc1n1ccnc21)(c1ccccc1)c1ccccc1. The predicted molar refractivity (Wildman–Crippen MR) is 258 cm³/mol. The zero-order valence-corrected chi connectivity index (χ0v) is 37.0. The second-order valence-corrected chi connectivity index (χ2v) is 19.7. The first kappa shape index (κ1) is 37.4. The van der Waals surface area contributed by atoms with Crippen LogP contribution in [0.25, 0.3) is 82.4 Å². The maximum absolute atomic E-state index is 5.14. The van der Waals surface area contributed by atoms with E-state index in [0.29, 0.717) is 0 Å². The van der Waals surface area contributed by atoms with Gasteiger partial charge in [0.05, 0.1) is 22.2 Å². The van der Waals surface area contributed by atoms with Gasteiger partial charge >= 0.3 is 21.1 Å². The number of hydrogen-bond donors (Lipinski definition) is 0. The van der Waals surface area contributed by atoms with Gasteiger partial charge < -0.3 is 13.5 Å². The third kappa shape index (κ3) is 5.38. The van der Waals surface area contributed by atoms with Gasteiger partial charge in [0, 0.05) is 51.3 Å². The molecule has 0 aliphatic rings. The Morgan fingerprint density at radius 1 is 0.397 bits per heavy atom. The molecule has 5 nitrogen and oxygen atoms in total. The molecule has 7 heteroatoms. The summed E-state index contributed by atoms with van der Waals surface area (Å²) in [4.78, 5) is 10.1.